The van der Waals surface area contributed by atoms with Crippen LogP contribution in [0.3, 0.4) is 0 Å². The Bertz CT molecular complexity index is 734. The molecule has 0 bridgehead atoms. The highest BCUT2D eigenvalue weighted by atomic mass is 16.5. The molecule has 26 heavy (non-hydrogen) atoms. The van der Waals surface area contributed by atoms with Crippen molar-refractivity contribution in [2.24, 2.45) is 0 Å². The van der Waals surface area contributed by atoms with Gasteiger partial charge in [0.15, 0.2) is 0 Å². The molecule has 2 N–H and O–H groups in total. The molecule has 1 aliphatic rings. The molecule has 0 aliphatic carbocycles. The topological polar surface area (TPSA) is 88.6 Å². The van der Waals surface area contributed by atoms with Gasteiger partial charge < -0.3 is 25.0 Å². The average Bonchev–Trinajstić information content (AvgIpc) is 2.69. The monoisotopic (exact) mass is 357 g/mol. The van der Waals surface area contributed by atoms with E-state index in [-0.39, 0.29) is 5.91 Å². The van der Waals surface area contributed by atoms with Crippen LogP contribution in [0.1, 0.15) is 10.5 Å². The molecule has 138 valence electrons. The van der Waals surface area contributed by atoms with E-state index >= 15 is 0 Å². The molecule has 1 aromatic carbocycles. The summed E-state index contributed by atoms with van der Waals surface area (Å²) < 4.78 is 10.4. The Hall–Kier alpha value is -2.71. The number of carbonyl (C=O) groups is 1. The summed E-state index contributed by atoms with van der Waals surface area (Å²) in [6.45, 7) is 4.07. The van der Waals surface area contributed by atoms with Crippen molar-refractivity contribution in [2.75, 3.05) is 62.1 Å². The van der Waals surface area contributed by atoms with Gasteiger partial charge in [-0.1, -0.05) is 12.1 Å². The molecule has 0 atom stereocenters. The van der Waals surface area contributed by atoms with E-state index < -0.39 is 0 Å². The minimum Gasteiger partial charge on any atom is -0.383 e. The van der Waals surface area contributed by atoms with Crippen LogP contribution in [-0.2, 0) is 9.47 Å². The van der Waals surface area contributed by atoms with Crippen LogP contribution in [0.25, 0.3) is 0 Å². The van der Waals surface area contributed by atoms with Crippen molar-refractivity contribution in [3.05, 3.63) is 42.2 Å². The zero-order valence-electron chi connectivity index (χ0n) is 14.8. The number of aromatic nitrogens is 2. The van der Waals surface area contributed by atoms with Crippen LogP contribution >= 0.6 is 0 Å². The second kappa shape index (κ2) is 9.12. The van der Waals surface area contributed by atoms with Crippen LogP contribution in [0.4, 0.5) is 17.3 Å². The molecule has 0 spiro atoms. The number of rotatable bonds is 7. The maximum absolute atomic E-state index is 12.6. The second-order valence-corrected chi connectivity index (χ2v) is 5.76. The van der Waals surface area contributed by atoms with Crippen LogP contribution < -0.4 is 15.5 Å². The highest BCUT2D eigenvalue weighted by Crippen LogP contribution is 2.26. The summed E-state index contributed by atoms with van der Waals surface area (Å²) in [5.41, 5.74) is 2.04. The summed E-state index contributed by atoms with van der Waals surface area (Å²) in [6.07, 6.45) is 1.56. The van der Waals surface area contributed by atoms with Crippen molar-refractivity contribution >= 4 is 23.2 Å². The first-order chi connectivity index (χ1) is 12.8. The molecule has 1 fully saturated rings. The van der Waals surface area contributed by atoms with Gasteiger partial charge in [0.2, 0.25) is 5.95 Å². The van der Waals surface area contributed by atoms with Crippen molar-refractivity contribution in [1.82, 2.24) is 9.97 Å². The zero-order chi connectivity index (χ0) is 18.2. The minimum absolute atomic E-state index is 0.275. The summed E-state index contributed by atoms with van der Waals surface area (Å²) >= 11 is 0. The third kappa shape index (κ3) is 4.68. The van der Waals surface area contributed by atoms with Crippen LogP contribution in [0.2, 0.25) is 0 Å². The Labute approximate surface area is 152 Å². The number of hydrogen-bond acceptors (Lipinski definition) is 7. The Kier molecular flexibility index (Phi) is 6.34. The fourth-order valence-corrected chi connectivity index (χ4v) is 2.68. The van der Waals surface area contributed by atoms with Gasteiger partial charge in [-0.2, -0.15) is 0 Å². The minimum atomic E-state index is -0.275. The molecule has 2 heterocycles. The summed E-state index contributed by atoms with van der Waals surface area (Å²) in [7, 11) is 1.62. The van der Waals surface area contributed by atoms with Crippen molar-refractivity contribution < 1.29 is 14.3 Å². The molecule has 0 unspecified atom stereocenters. The fourth-order valence-electron chi connectivity index (χ4n) is 2.68. The number of para-hydroxylation sites is 2. The first-order valence-electron chi connectivity index (χ1n) is 8.57. The van der Waals surface area contributed by atoms with Gasteiger partial charge in [0.1, 0.15) is 5.69 Å². The third-order valence-corrected chi connectivity index (χ3v) is 3.98. The lowest BCUT2D eigenvalue weighted by Gasteiger charge is -2.30. The number of morpholine rings is 1. The standard InChI is InChI=1S/C18H23N5O3/c1-25-11-8-20-18-19-7-6-15(22-18)17(24)21-14-4-2-3-5-16(14)23-9-12-26-13-10-23/h2-7H,8-13H2,1H3,(H,21,24)(H,19,20,22). The van der Waals surface area contributed by atoms with Gasteiger partial charge in [0.25, 0.3) is 5.91 Å². The van der Waals surface area contributed by atoms with E-state index in [1.54, 1.807) is 19.4 Å². The lowest BCUT2D eigenvalue weighted by atomic mass is 10.2. The van der Waals surface area contributed by atoms with Crippen molar-refractivity contribution in [1.29, 1.82) is 0 Å². The maximum Gasteiger partial charge on any atom is 0.274 e. The number of nitrogens with zero attached hydrogens (tertiary/aromatic N) is 3. The number of nitrogens with one attached hydrogen (secondary N) is 2. The van der Waals surface area contributed by atoms with Gasteiger partial charge in [-0.3, -0.25) is 4.79 Å². The van der Waals surface area contributed by atoms with E-state index in [1.165, 1.54) is 0 Å². The van der Waals surface area contributed by atoms with Crippen LogP contribution in [-0.4, -0.2) is 62.4 Å². The van der Waals surface area contributed by atoms with Gasteiger partial charge in [0, 0.05) is 32.9 Å². The SMILES string of the molecule is COCCNc1nccc(C(=O)Nc2ccccc2N2CCOCC2)n1. The lowest BCUT2D eigenvalue weighted by Crippen LogP contribution is -2.36. The van der Waals surface area contributed by atoms with Gasteiger partial charge >= 0.3 is 0 Å². The van der Waals surface area contributed by atoms with E-state index in [0.29, 0.717) is 38.0 Å². The molecular weight excluding hydrogens is 334 g/mol. The van der Waals surface area contributed by atoms with Gasteiger partial charge in [0.05, 0.1) is 31.2 Å². The summed E-state index contributed by atoms with van der Waals surface area (Å²) in [4.78, 5) is 23.2. The van der Waals surface area contributed by atoms with E-state index in [2.05, 4.69) is 25.5 Å². The number of amides is 1. The highest BCUT2D eigenvalue weighted by Gasteiger charge is 2.17. The molecule has 3 rings (SSSR count). The number of hydrogen-bond donors (Lipinski definition) is 2. The molecule has 1 aromatic heterocycles. The third-order valence-electron chi connectivity index (χ3n) is 3.98. The quantitative estimate of drug-likeness (QED) is 0.728. The second-order valence-electron chi connectivity index (χ2n) is 5.76. The molecule has 8 nitrogen and oxygen atoms in total. The number of benzene rings is 1. The largest absolute Gasteiger partial charge is 0.383 e. The number of ether oxygens (including phenoxy) is 2. The highest BCUT2D eigenvalue weighted by molar-refractivity contribution is 6.04. The normalized spacial score (nSPS) is 14.1. The van der Waals surface area contributed by atoms with E-state index in [9.17, 15) is 4.79 Å². The summed E-state index contributed by atoms with van der Waals surface area (Å²) in [5.74, 6) is 0.124. The maximum atomic E-state index is 12.6. The summed E-state index contributed by atoms with van der Waals surface area (Å²) in [5, 5.41) is 5.97. The zero-order valence-corrected chi connectivity index (χ0v) is 14.8. The molecule has 1 saturated heterocycles. The first kappa shape index (κ1) is 18.1. The van der Waals surface area contributed by atoms with Crippen molar-refractivity contribution in [2.45, 2.75) is 0 Å². The van der Waals surface area contributed by atoms with Crippen molar-refractivity contribution in [3.63, 3.8) is 0 Å². The molecular formula is C18H23N5O3. The number of methoxy groups -OCH3 is 1. The molecule has 2 aromatic rings. The van der Waals surface area contributed by atoms with Crippen LogP contribution in [0.15, 0.2) is 36.5 Å². The molecule has 0 saturated carbocycles. The molecule has 0 radical (unpaired) electrons. The summed E-state index contributed by atoms with van der Waals surface area (Å²) in [6, 6.07) is 9.34. The van der Waals surface area contributed by atoms with E-state index in [0.717, 1.165) is 24.5 Å². The predicted molar refractivity (Wildman–Crippen MR) is 99.8 cm³/mol. The van der Waals surface area contributed by atoms with Crippen molar-refractivity contribution in [3.8, 4) is 0 Å². The van der Waals surface area contributed by atoms with E-state index in [4.69, 9.17) is 9.47 Å². The smallest absolute Gasteiger partial charge is 0.274 e. The Morgan fingerprint density at radius 3 is 2.88 bits per heavy atom. The molecule has 8 heteroatoms. The fraction of sp³-hybridized carbons (Fsp3) is 0.389. The Morgan fingerprint density at radius 1 is 1.27 bits per heavy atom. The predicted octanol–water partition coefficient (Wildman–Crippen LogP) is 1.62. The first-order valence-corrected chi connectivity index (χ1v) is 8.57. The van der Waals surface area contributed by atoms with Gasteiger partial charge in [-0.25, -0.2) is 9.97 Å². The number of anilines is 3. The molecule has 1 amide bonds. The van der Waals surface area contributed by atoms with Gasteiger partial charge in [-0.15, -0.1) is 0 Å². The van der Waals surface area contributed by atoms with Crippen LogP contribution in [0, 0.1) is 0 Å². The average molecular weight is 357 g/mol. The number of carbonyl (C=O) groups excluding carboxylic acids is 1. The van der Waals surface area contributed by atoms with Gasteiger partial charge in [-0.05, 0) is 18.2 Å². The Balaban J connectivity index is 1.71. The Morgan fingerprint density at radius 2 is 2.08 bits per heavy atom. The lowest BCUT2D eigenvalue weighted by molar-refractivity contribution is 0.102. The van der Waals surface area contributed by atoms with E-state index in [1.807, 2.05) is 24.3 Å². The van der Waals surface area contributed by atoms with Crippen LogP contribution in [0.5, 0.6) is 0 Å². The molecule has 1 aliphatic heterocycles.